The minimum atomic E-state index is -0.572. The molecule has 0 heterocycles. The lowest BCUT2D eigenvalue weighted by atomic mass is 10.1. The summed E-state index contributed by atoms with van der Waals surface area (Å²) in [7, 11) is 7.35. The molecule has 4 aromatic carbocycles. The van der Waals surface area contributed by atoms with Gasteiger partial charge in [0, 0.05) is 19.2 Å². The first kappa shape index (κ1) is 36.1. The van der Waals surface area contributed by atoms with Crippen molar-refractivity contribution in [2.45, 2.75) is 27.1 Å². The molecule has 0 saturated carbocycles. The topological polar surface area (TPSA) is 128 Å². The van der Waals surface area contributed by atoms with Gasteiger partial charge in [-0.05, 0) is 72.5 Å². The van der Waals surface area contributed by atoms with Crippen molar-refractivity contribution in [1.82, 2.24) is 0 Å². The highest BCUT2D eigenvalue weighted by molar-refractivity contribution is 5.95. The third kappa shape index (κ3) is 10.3. The van der Waals surface area contributed by atoms with Crippen molar-refractivity contribution in [2.75, 3.05) is 42.3 Å². The molecule has 0 aromatic heterocycles. The number of phenolic OH excluding ortho intramolecular Hbond substituents is 1. The van der Waals surface area contributed by atoms with E-state index in [2.05, 4.69) is 4.74 Å². The third-order valence-electron chi connectivity index (χ3n) is 6.80. The number of aryl methyl sites for hydroxylation is 2. The molecule has 250 valence electrons. The lowest BCUT2D eigenvalue weighted by molar-refractivity contribution is 0.0462. The van der Waals surface area contributed by atoms with Gasteiger partial charge in [0.15, 0.2) is 6.79 Å². The largest absolute Gasteiger partial charge is 0.507 e. The Labute approximate surface area is 274 Å². The molecule has 1 N–H and O–H groups in total. The fourth-order valence-corrected chi connectivity index (χ4v) is 4.37. The average Bonchev–Trinajstić information content (AvgIpc) is 3.08. The number of carbonyl (C=O) groups excluding carboxylic acids is 2. The molecule has 0 unspecified atom stereocenters. The van der Waals surface area contributed by atoms with Gasteiger partial charge < -0.3 is 43.0 Å². The Morgan fingerprint density at radius 2 is 1.02 bits per heavy atom. The Balaban J connectivity index is 0.000000257. The first-order valence-corrected chi connectivity index (χ1v) is 14.4. The number of ether oxygens (including phenoxy) is 8. The van der Waals surface area contributed by atoms with Gasteiger partial charge in [0.05, 0.1) is 28.4 Å². The number of esters is 2. The van der Waals surface area contributed by atoms with Crippen molar-refractivity contribution in [3.63, 3.8) is 0 Å². The normalized spacial score (nSPS) is 10.2. The van der Waals surface area contributed by atoms with E-state index in [1.165, 1.54) is 27.4 Å². The lowest BCUT2D eigenvalue weighted by Gasteiger charge is -2.15. The van der Waals surface area contributed by atoms with Gasteiger partial charge >= 0.3 is 11.9 Å². The average molecular weight is 649 g/mol. The van der Waals surface area contributed by atoms with Crippen LogP contribution in [0.4, 0.5) is 0 Å². The number of aromatic hydroxyl groups is 1. The van der Waals surface area contributed by atoms with Crippen LogP contribution in [0.25, 0.3) is 0 Å². The molecule has 0 bridgehead atoms. The molecule has 0 atom stereocenters. The summed E-state index contributed by atoms with van der Waals surface area (Å²) in [5, 5.41) is 9.94. The van der Waals surface area contributed by atoms with Gasteiger partial charge in [-0.15, -0.1) is 0 Å². The molecule has 0 aliphatic heterocycles. The predicted octanol–water partition coefficient (Wildman–Crippen LogP) is 6.43. The van der Waals surface area contributed by atoms with Crippen molar-refractivity contribution >= 4 is 11.9 Å². The fourth-order valence-electron chi connectivity index (χ4n) is 4.37. The van der Waals surface area contributed by atoms with E-state index in [1.54, 1.807) is 46.3 Å². The van der Waals surface area contributed by atoms with Crippen molar-refractivity contribution in [3.8, 4) is 34.5 Å². The quantitative estimate of drug-likeness (QED) is 0.127. The second-order valence-corrected chi connectivity index (χ2v) is 10.1. The van der Waals surface area contributed by atoms with Crippen LogP contribution in [0.5, 0.6) is 34.5 Å². The molecule has 0 aliphatic carbocycles. The molecule has 4 aromatic rings. The molecule has 0 fully saturated rings. The minimum absolute atomic E-state index is 0.0192. The SMILES string of the molecule is COC(=O)c1c(C)cc(OCc2ccc(OC)cc2)cc1O.COCOc1cc(OCc2ccc(OC)cc2)cc(C)c1C(=O)OC. The number of rotatable bonds is 13. The monoisotopic (exact) mass is 648 g/mol. The van der Waals surface area contributed by atoms with Crippen LogP contribution in [0.3, 0.4) is 0 Å². The van der Waals surface area contributed by atoms with Gasteiger partial charge in [-0.1, -0.05) is 24.3 Å². The van der Waals surface area contributed by atoms with E-state index in [4.69, 9.17) is 33.2 Å². The summed E-state index contributed by atoms with van der Waals surface area (Å²) in [5.74, 6) is 1.81. The Kier molecular flexibility index (Phi) is 13.7. The maximum absolute atomic E-state index is 12.0. The van der Waals surface area contributed by atoms with E-state index in [-0.39, 0.29) is 18.1 Å². The van der Waals surface area contributed by atoms with Crippen LogP contribution in [0, 0.1) is 13.8 Å². The molecule has 0 radical (unpaired) electrons. The van der Waals surface area contributed by atoms with Crippen LogP contribution in [-0.4, -0.2) is 59.4 Å². The van der Waals surface area contributed by atoms with E-state index in [0.29, 0.717) is 47.2 Å². The van der Waals surface area contributed by atoms with Crippen molar-refractivity contribution < 1.29 is 52.6 Å². The minimum Gasteiger partial charge on any atom is -0.507 e. The summed E-state index contributed by atoms with van der Waals surface area (Å²) >= 11 is 0. The molecule has 0 amide bonds. The number of phenols is 1. The van der Waals surface area contributed by atoms with E-state index in [0.717, 1.165) is 22.6 Å². The first-order valence-electron chi connectivity index (χ1n) is 14.4. The van der Waals surface area contributed by atoms with Crippen molar-refractivity contribution in [3.05, 3.63) is 106 Å². The standard InChI is InChI=1S/C19H22O6.C17H18O5/c1-13-9-16(24-11-14-5-7-15(22-3)8-6-14)10-17(25-12-21-2)18(13)19(20)23-4;1-11-8-14(9-15(18)16(11)17(19)21-3)22-10-12-4-6-13(20-2)7-5-12/h5-10H,11-12H2,1-4H3;4-9,18H,10H2,1-3H3. The van der Waals surface area contributed by atoms with Gasteiger partial charge in [0.25, 0.3) is 0 Å². The van der Waals surface area contributed by atoms with Gasteiger partial charge in [0.2, 0.25) is 0 Å². The third-order valence-corrected chi connectivity index (χ3v) is 6.80. The summed E-state index contributed by atoms with van der Waals surface area (Å²) in [6.07, 6.45) is 0. The molecule has 4 rings (SSSR count). The number of hydrogen-bond donors (Lipinski definition) is 1. The summed E-state index contributed by atoms with van der Waals surface area (Å²) < 4.78 is 41.6. The van der Waals surface area contributed by atoms with Crippen LogP contribution >= 0.6 is 0 Å². The van der Waals surface area contributed by atoms with Crippen LogP contribution in [0.1, 0.15) is 43.0 Å². The molecule has 11 nitrogen and oxygen atoms in total. The van der Waals surface area contributed by atoms with E-state index >= 15 is 0 Å². The molecule has 0 spiro atoms. The maximum Gasteiger partial charge on any atom is 0.341 e. The summed E-state index contributed by atoms with van der Waals surface area (Å²) in [4.78, 5) is 23.5. The highest BCUT2D eigenvalue weighted by atomic mass is 16.7. The molecule has 11 heteroatoms. The second-order valence-electron chi connectivity index (χ2n) is 10.1. The molecule has 0 aliphatic rings. The zero-order chi connectivity index (χ0) is 34.3. The van der Waals surface area contributed by atoms with Crippen LogP contribution in [-0.2, 0) is 27.4 Å². The van der Waals surface area contributed by atoms with Crippen LogP contribution < -0.4 is 23.7 Å². The van der Waals surface area contributed by atoms with E-state index in [1.807, 2.05) is 48.5 Å². The van der Waals surface area contributed by atoms with E-state index < -0.39 is 11.9 Å². The Hall–Kier alpha value is -5.42. The zero-order valence-corrected chi connectivity index (χ0v) is 27.6. The fraction of sp³-hybridized carbons (Fsp3) is 0.278. The highest BCUT2D eigenvalue weighted by Crippen LogP contribution is 2.31. The lowest BCUT2D eigenvalue weighted by Crippen LogP contribution is -2.10. The summed E-state index contributed by atoms with van der Waals surface area (Å²) in [5.41, 5.74) is 3.77. The van der Waals surface area contributed by atoms with Crippen LogP contribution in [0.15, 0.2) is 72.8 Å². The molecular weight excluding hydrogens is 608 g/mol. The van der Waals surface area contributed by atoms with Crippen LogP contribution in [0.2, 0.25) is 0 Å². The number of methoxy groups -OCH3 is 5. The molecule has 0 saturated heterocycles. The number of hydrogen-bond acceptors (Lipinski definition) is 11. The Morgan fingerprint density at radius 1 is 0.574 bits per heavy atom. The Morgan fingerprint density at radius 3 is 1.45 bits per heavy atom. The van der Waals surface area contributed by atoms with Crippen molar-refractivity contribution in [1.29, 1.82) is 0 Å². The Bertz CT molecular complexity index is 1590. The van der Waals surface area contributed by atoms with Gasteiger partial charge in [-0.2, -0.15) is 0 Å². The maximum atomic E-state index is 12.0. The van der Waals surface area contributed by atoms with Gasteiger partial charge in [-0.25, -0.2) is 9.59 Å². The molecule has 47 heavy (non-hydrogen) atoms. The zero-order valence-electron chi connectivity index (χ0n) is 27.6. The van der Waals surface area contributed by atoms with Crippen molar-refractivity contribution in [2.24, 2.45) is 0 Å². The van der Waals surface area contributed by atoms with Gasteiger partial charge in [0.1, 0.15) is 58.8 Å². The number of benzene rings is 4. The predicted molar refractivity (Wildman–Crippen MR) is 174 cm³/mol. The van der Waals surface area contributed by atoms with Gasteiger partial charge in [-0.3, -0.25) is 0 Å². The smallest absolute Gasteiger partial charge is 0.341 e. The highest BCUT2D eigenvalue weighted by Gasteiger charge is 2.19. The van der Waals surface area contributed by atoms with E-state index in [9.17, 15) is 14.7 Å². The summed E-state index contributed by atoms with van der Waals surface area (Å²) in [6.45, 7) is 4.26. The summed E-state index contributed by atoms with van der Waals surface area (Å²) in [6, 6.07) is 21.6. The first-order chi connectivity index (χ1) is 22.6. The molecular formula is C36H40O11. The number of carbonyl (C=O) groups is 2. The second kappa shape index (κ2) is 17.9.